The number of rotatable bonds is 7. The highest BCUT2D eigenvalue weighted by Gasteiger charge is 2.26. The van der Waals surface area contributed by atoms with Crippen molar-refractivity contribution in [2.45, 2.75) is 6.54 Å². The average molecular weight is 655 g/mol. The SMILES string of the molecule is COC.COC(=O)c1ccc(C(=O)O)c(-c2c3cc(Cl)c(=O)cc-3oc3c(CNc4cccc5ccc(C=O)nc45)c(O)ccc23)c1. The molecule has 238 valence electrons. The van der Waals surface area contributed by atoms with E-state index in [2.05, 4.69) is 15.0 Å². The second-order valence-electron chi connectivity index (χ2n) is 10.2. The van der Waals surface area contributed by atoms with E-state index in [9.17, 15) is 29.4 Å². The van der Waals surface area contributed by atoms with Crippen LogP contribution in [0.4, 0.5) is 5.69 Å². The molecule has 3 N–H and O–H groups in total. The summed E-state index contributed by atoms with van der Waals surface area (Å²) in [6, 6.07) is 18.4. The van der Waals surface area contributed by atoms with Crippen molar-refractivity contribution in [3.05, 3.63) is 110 Å². The van der Waals surface area contributed by atoms with Crippen molar-refractivity contribution in [2.75, 3.05) is 26.6 Å². The largest absolute Gasteiger partial charge is 0.507 e. The summed E-state index contributed by atoms with van der Waals surface area (Å²) in [6.45, 7) is 0.00946. The number of anilines is 1. The summed E-state index contributed by atoms with van der Waals surface area (Å²) >= 11 is 6.23. The zero-order valence-electron chi connectivity index (χ0n) is 25.3. The van der Waals surface area contributed by atoms with Gasteiger partial charge in [-0.25, -0.2) is 14.6 Å². The monoisotopic (exact) mass is 654 g/mol. The van der Waals surface area contributed by atoms with Crippen molar-refractivity contribution in [3.63, 3.8) is 0 Å². The lowest BCUT2D eigenvalue weighted by Crippen LogP contribution is -2.08. The van der Waals surface area contributed by atoms with Gasteiger partial charge in [-0.05, 0) is 54.1 Å². The number of carboxylic acids is 1. The van der Waals surface area contributed by atoms with E-state index in [4.69, 9.17) is 20.8 Å². The van der Waals surface area contributed by atoms with Gasteiger partial charge in [0.15, 0.2) is 6.29 Å². The topological polar surface area (TPSA) is 165 Å². The maximum atomic E-state index is 12.6. The quantitative estimate of drug-likeness (QED) is 0.0959. The molecule has 0 radical (unpaired) electrons. The number of fused-ring (bicyclic) bond motifs is 3. The molecule has 0 amide bonds. The Balaban J connectivity index is 0.00000139. The number of benzene rings is 4. The fourth-order valence-electron chi connectivity index (χ4n) is 5.20. The number of aromatic nitrogens is 1. The Morgan fingerprint density at radius 1 is 1.00 bits per heavy atom. The maximum Gasteiger partial charge on any atom is 0.337 e. The number of carboxylic acid groups (broad SMARTS) is 1. The summed E-state index contributed by atoms with van der Waals surface area (Å²) < 4.78 is 15.3. The minimum absolute atomic E-state index is 0.00946. The highest BCUT2D eigenvalue weighted by molar-refractivity contribution is 6.31. The normalized spacial score (nSPS) is 10.8. The highest BCUT2D eigenvalue weighted by Crippen LogP contribution is 2.44. The minimum atomic E-state index is -1.26. The molecule has 2 heterocycles. The van der Waals surface area contributed by atoms with Crippen LogP contribution in [-0.2, 0) is 16.0 Å². The van der Waals surface area contributed by atoms with Crippen LogP contribution in [0.5, 0.6) is 5.75 Å². The number of nitrogens with one attached hydrogen (secondary N) is 1. The number of phenolic OH excluding ortho intramolecular Hbond substituents is 1. The molecule has 0 saturated heterocycles. The van der Waals surface area contributed by atoms with E-state index in [1.807, 2.05) is 12.1 Å². The number of aromatic hydroxyl groups is 1. The Morgan fingerprint density at radius 3 is 2.47 bits per heavy atom. The third-order valence-electron chi connectivity index (χ3n) is 7.28. The summed E-state index contributed by atoms with van der Waals surface area (Å²) in [5, 5.41) is 25.4. The first-order valence-corrected chi connectivity index (χ1v) is 14.4. The van der Waals surface area contributed by atoms with E-state index in [0.29, 0.717) is 34.0 Å². The van der Waals surface area contributed by atoms with Crippen LogP contribution in [0, 0.1) is 0 Å². The molecule has 12 heteroatoms. The number of hydrogen-bond donors (Lipinski definition) is 3. The molecule has 0 bridgehead atoms. The van der Waals surface area contributed by atoms with Gasteiger partial charge in [0.25, 0.3) is 0 Å². The fraction of sp³-hybridized carbons (Fsp3) is 0.114. The second kappa shape index (κ2) is 13.7. The standard InChI is InChI=1S/C33H21ClN2O8.C2H6O/c1-43-33(42)17-6-8-19(32(40)41)21(11-17)29-20-9-10-26(38)23(31(20)44-28-13-27(39)24(34)12-22(28)29)14-35-25-4-2-3-16-5-7-18(15-37)36-30(16)25;1-3-2/h2-13,15,35,38H,14H2,1H3,(H,40,41);1-2H3. The minimum Gasteiger partial charge on any atom is -0.507 e. The molecule has 0 atom stereocenters. The summed E-state index contributed by atoms with van der Waals surface area (Å²) in [5.41, 5.74) is 2.03. The van der Waals surface area contributed by atoms with Gasteiger partial charge in [0, 0.05) is 48.7 Å². The molecule has 11 nitrogen and oxygen atoms in total. The maximum absolute atomic E-state index is 12.6. The van der Waals surface area contributed by atoms with E-state index < -0.39 is 17.4 Å². The number of phenols is 1. The molecule has 0 saturated carbocycles. The number of pyridine rings is 1. The predicted octanol–water partition coefficient (Wildman–Crippen LogP) is 6.64. The van der Waals surface area contributed by atoms with Crippen LogP contribution in [-0.4, -0.2) is 54.8 Å². The van der Waals surface area contributed by atoms with Crippen LogP contribution in [0.3, 0.4) is 0 Å². The molecule has 4 aromatic rings. The average Bonchev–Trinajstić information content (AvgIpc) is 3.07. The molecule has 2 aliphatic rings. The van der Waals surface area contributed by atoms with Gasteiger partial charge in [-0.3, -0.25) is 9.59 Å². The molecular formula is C35H27ClN2O9. The molecule has 6 rings (SSSR count). The number of hydrogen-bond acceptors (Lipinski definition) is 10. The number of para-hydroxylation sites is 1. The van der Waals surface area contributed by atoms with Gasteiger partial charge in [-0.2, -0.15) is 0 Å². The molecule has 1 aromatic heterocycles. The second-order valence-corrected chi connectivity index (χ2v) is 10.7. The molecule has 1 aliphatic heterocycles. The third-order valence-corrected chi connectivity index (χ3v) is 7.57. The van der Waals surface area contributed by atoms with Crippen molar-refractivity contribution in [1.29, 1.82) is 0 Å². The summed E-state index contributed by atoms with van der Waals surface area (Å²) in [5.74, 6) is -2.00. The zero-order valence-corrected chi connectivity index (χ0v) is 26.0. The van der Waals surface area contributed by atoms with Crippen LogP contribution in [0.1, 0.15) is 36.8 Å². The van der Waals surface area contributed by atoms with Crippen molar-refractivity contribution >= 4 is 57.4 Å². The van der Waals surface area contributed by atoms with Crippen LogP contribution >= 0.6 is 11.6 Å². The first-order valence-electron chi connectivity index (χ1n) is 14.0. The highest BCUT2D eigenvalue weighted by atomic mass is 35.5. The fourth-order valence-corrected chi connectivity index (χ4v) is 5.36. The van der Waals surface area contributed by atoms with Crippen molar-refractivity contribution < 1.29 is 38.5 Å². The number of aromatic carboxylic acids is 1. The van der Waals surface area contributed by atoms with Gasteiger partial charge in [-0.1, -0.05) is 29.8 Å². The van der Waals surface area contributed by atoms with Gasteiger partial charge >= 0.3 is 11.9 Å². The Hall–Kier alpha value is -5.78. The van der Waals surface area contributed by atoms with E-state index in [-0.39, 0.29) is 56.6 Å². The first-order chi connectivity index (χ1) is 22.6. The van der Waals surface area contributed by atoms with Gasteiger partial charge in [-0.15, -0.1) is 0 Å². The summed E-state index contributed by atoms with van der Waals surface area (Å²) in [4.78, 5) is 53.1. The van der Waals surface area contributed by atoms with Crippen molar-refractivity contribution in [1.82, 2.24) is 4.98 Å². The van der Waals surface area contributed by atoms with Gasteiger partial charge < -0.3 is 29.4 Å². The third kappa shape index (κ3) is 6.35. The Kier molecular flexibility index (Phi) is 9.50. The van der Waals surface area contributed by atoms with E-state index in [1.54, 1.807) is 38.5 Å². The zero-order chi connectivity index (χ0) is 33.8. The Labute approximate surface area is 272 Å². The molecule has 1 aliphatic carbocycles. The number of halogens is 1. The number of carbonyl (C=O) groups is 3. The molecule has 0 unspecified atom stereocenters. The van der Waals surface area contributed by atoms with Gasteiger partial charge in [0.2, 0.25) is 5.43 Å². The molecule has 0 spiro atoms. The number of carbonyl (C=O) groups excluding carboxylic acids is 2. The molecule has 47 heavy (non-hydrogen) atoms. The van der Waals surface area contributed by atoms with Crippen LogP contribution in [0.15, 0.2) is 82.0 Å². The molecular weight excluding hydrogens is 628 g/mol. The molecule has 0 fully saturated rings. The summed E-state index contributed by atoms with van der Waals surface area (Å²) in [6.07, 6.45) is 0.648. The van der Waals surface area contributed by atoms with Gasteiger partial charge in [0.1, 0.15) is 22.8 Å². The lowest BCUT2D eigenvalue weighted by Gasteiger charge is -2.20. The number of esters is 1. The lowest BCUT2D eigenvalue weighted by atomic mass is 9.89. The van der Waals surface area contributed by atoms with Crippen molar-refractivity contribution in [3.8, 4) is 28.2 Å². The van der Waals surface area contributed by atoms with Gasteiger partial charge in [0.05, 0.1) is 40.0 Å². The van der Waals surface area contributed by atoms with E-state index in [0.717, 1.165) is 5.39 Å². The molecule has 3 aromatic carbocycles. The van der Waals surface area contributed by atoms with E-state index >= 15 is 0 Å². The first kappa shape index (κ1) is 32.6. The predicted molar refractivity (Wildman–Crippen MR) is 177 cm³/mol. The lowest BCUT2D eigenvalue weighted by molar-refractivity contribution is 0.0598. The number of methoxy groups -OCH3 is 2. The van der Waals surface area contributed by atoms with E-state index in [1.165, 1.54) is 43.5 Å². The number of nitrogens with zero attached hydrogens (tertiary/aromatic N) is 1. The van der Waals surface area contributed by atoms with Crippen LogP contribution in [0.2, 0.25) is 5.02 Å². The van der Waals surface area contributed by atoms with Crippen LogP contribution < -0.4 is 10.7 Å². The van der Waals surface area contributed by atoms with Crippen LogP contribution in [0.25, 0.3) is 44.3 Å². The number of ether oxygens (including phenoxy) is 2. The smallest absolute Gasteiger partial charge is 0.337 e. The Morgan fingerprint density at radius 2 is 1.77 bits per heavy atom. The van der Waals surface area contributed by atoms with Crippen molar-refractivity contribution in [2.24, 2.45) is 0 Å². The number of aldehydes is 1. The summed E-state index contributed by atoms with van der Waals surface area (Å²) in [7, 11) is 4.46. The Bertz CT molecular complexity index is 2210.